The molecule has 2 aromatic rings. The van der Waals surface area contributed by atoms with E-state index in [-0.39, 0.29) is 11.3 Å². The van der Waals surface area contributed by atoms with Crippen LogP contribution in [0.15, 0.2) is 34.1 Å². The van der Waals surface area contributed by atoms with E-state index in [9.17, 15) is 0 Å². The van der Waals surface area contributed by atoms with E-state index in [4.69, 9.17) is 27.9 Å². The maximum Gasteiger partial charge on any atom is 0.122 e. The van der Waals surface area contributed by atoms with Crippen LogP contribution in [0.3, 0.4) is 0 Å². The van der Waals surface area contributed by atoms with Crippen LogP contribution in [0.5, 0.6) is 5.75 Å². The molecule has 2 atom stereocenters. The van der Waals surface area contributed by atoms with Gasteiger partial charge in [0.15, 0.2) is 0 Å². The van der Waals surface area contributed by atoms with Gasteiger partial charge in [-0.15, -0.1) is 22.9 Å². The van der Waals surface area contributed by atoms with E-state index in [2.05, 4.69) is 22.0 Å². The van der Waals surface area contributed by atoms with Crippen molar-refractivity contribution < 1.29 is 4.74 Å². The predicted molar refractivity (Wildman–Crippen MR) is 80.3 cm³/mol. The van der Waals surface area contributed by atoms with Crippen LogP contribution in [-0.4, -0.2) is 6.61 Å². The van der Waals surface area contributed by atoms with Crippen molar-refractivity contribution in [3.05, 3.63) is 49.6 Å². The zero-order valence-electron chi connectivity index (χ0n) is 9.20. The van der Waals surface area contributed by atoms with E-state index >= 15 is 0 Å². The molecule has 1 aliphatic heterocycles. The molecule has 2 unspecified atom stereocenters. The van der Waals surface area contributed by atoms with E-state index in [1.165, 1.54) is 5.56 Å². The first kappa shape index (κ1) is 12.8. The minimum absolute atomic E-state index is 0.109. The van der Waals surface area contributed by atoms with Crippen molar-refractivity contribution in [3.8, 4) is 5.75 Å². The van der Waals surface area contributed by atoms with Gasteiger partial charge in [-0.3, -0.25) is 0 Å². The van der Waals surface area contributed by atoms with Crippen LogP contribution < -0.4 is 4.74 Å². The number of thiophene rings is 1. The Labute approximate surface area is 128 Å². The second-order valence-electron chi connectivity index (χ2n) is 4.13. The van der Waals surface area contributed by atoms with Gasteiger partial charge >= 0.3 is 0 Å². The summed E-state index contributed by atoms with van der Waals surface area (Å²) in [7, 11) is 0. The average Bonchev–Trinajstić information content (AvgIpc) is 2.93. The molecule has 1 aromatic heterocycles. The van der Waals surface area contributed by atoms with Gasteiger partial charge in [0.25, 0.3) is 0 Å². The fourth-order valence-corrected chi connectivity index (χ4v) is 4.32. The molecule has 94 valence electrons. The summed E-state index contributed by atoms with van der Waals surface area (Å²) in [6.45, 7) is 0.626. The van der Waals surface area contributed by atoms with Crippen LogP contribution in [-0.2, 0) is 0 Å². The summed E-state index contributed by atoms with van der Waals surface area (Å²) >= 11 is 17.6. The minimum Gasteiger partial charge on any atom is -0.493 e. The molecule has 0 N–H and O–H groups in total. The number of hydrogen-bond acceptors (Lipinski definition) is 2. The summed E-state index contributed by atoms with van der Waals surface area (Å²) in [6.07, 6.45) is 0. The Morgan fingerprint density at radius 3 is 2.89 bits per heavy atom. The third-order valence-electron chi connectivity index (χ3n) is 3.03. The Morgan fingerprint density at radius 2 is 2.17 bits per heavy atom. The number of para-hydroxylation sites is 1. The first-order chi connectivity index (χ1) is 8.66. The molecule has 3 rings (SSSR count). The Kier molecular flexibility index (Phi) is 3.59. The van der Waals surface area contributed by atoms with Gasteiger partial charge in [-0.25, -0.2) is 0 Å². The lowest BCUT2D eigenvalue weighted by Crippen LogP contribution is -2.06. The highest BCUT2D eigenvalue weighted by Gasteiger charge is 2.32. The van der Waals surface area contributed by atoms with Gasteiger partial charge in [-0.2, -0.15) is 0 Å². The molecule has 1 nitrogen and oxygen atoms in total. The second-order valence-corrected chi connectivity index (χ2v) is 7.41. The van der Waals surface area contributed by atoms with Gasteiger partial charge in [0.2, 0.25) is 0 Å². The summed E-state index contributed by atoms with van der Waals surface area (Å²) in [4.78, 5) is 1.07. The first-order valence-corrected chi connectivity index (χ1v) is 7.89. The zero-order valence-corrected chi connectivity index (χ0v) is 13.1. The Balaban J connectivity index is 1.92. The molecule has 0 radical (unpaired) electrons. The summed E-state index contributed by atoms with van der Waals surface area (Å²) in [5.41, 5.74) is 1.18. The molecule has 0 saturated carbocycles. The quantitative estimate of drug-likeness (QED) is 0.629. The smallest absolute Gasteiger partial charge is 0.122 e. The Morgan fingerprint density at radius 1 is 1.39 bits per heavy atom. The number of benzene rings is 1. The molecular weight excluding hydrogens is 355 g/mol. The largest absolute Gasteiger partial charge is 0.493 e. The van der Waals surface area contributed by atoms with Gasteiger partial charge in [-0.1, -0.05) is 29.8 Å². The van der Waals surface area contributed by atoms with Gasteiger partial charge in [0, 0.05) is 16.4 Å². The van der Waals surface area contributed by atoms with Crippen molar-refractivity contribution in [1.29, 1.82) is 0 Å². The number of fused-ring (bicyclic) bond motifs is 1. The van der Waals surface area contributed by atoms with Crippen LogP contribution >= 0.6 is 50.5 Å². The molecule has 0 bridgehead atoms. The van der Waals surface area contributed by atoms with Gasteiger partial charge < -0.3 is 4.74 Å². The fraction of sp³-hybridized carbons (Fsp3) is 0.231. The molecule has 0 fully saturated rings. The maximum atomic E-state index is 6.58. The third-order valence-corrected chi connectivity index (χ3v) is 6.25. The molecule has 18 heavy (non-hydrogen) atoms. The van der Waals surface area contributed by atoms with Crippen molar-refractivity contribution in [2.45, 2.75) is 11.3 Å². The molecule has 5 heteroatoms. The van der Waals surface area contributed by atoms with Crippen LogP contribution in [0.25, 0.3) is 0 Å². The molecular formula is C13H9BrCl2OS. The predicted octanol–water partition coefficient (Wildman–Crippen LogP) is 5.62. The Bertz CT molecular complexity index is 565. The lowest BCUT2D eigenvalue weighted by Gasteiger charge is -2.14. The topological polar surface area (TPSA) is 9.23 Å². The summed E-state index contributed by atoms with van der Waals surface area (Å²) in [6, 6.07) is 9.97. The van der Waals surface area contributed by atoms with E-state index < -0.39 is 0 Å². The van der Waals surface area contributed by atoms with Gasteiger partial charge in [0.1, 0.15) is 5.75 Å². The van der Waals surface area contributed by atoms with Crippen LogP contribution in [0, 0.1) is 0 Å². The van der Waals surface area contributed by atoms with Crippen LogP contribution in [0.1, 0.15) is 21.7 Å². The van der Waals surface area contributed by atoms with E-state index in [1.807, 2.05) is 24.3 Å². The standard InChI is InChI=1S/C13H9BrCl2OS/c14-13-9(15)5-11(18-13)12(16)8-6-17-10-4-2-1-3-7(8)10/h1-5,8,12H,6H2. The highest BCUT2D eigenvalue weighted by molar-refractivity contribution is 9.11. The lowest BCUT2D eigenvalue weighted by molar-refractivity contribution is 0.328. The molecule has 1 aliphatic rings. The van der Waals surface area contributed by atoms with Crippen molar-refractivity contribution in [2.75, 3.05) is 6.61 Å². The number of alkyl halides is 1. The second kappa shape index (κ2) is 5.04. The zero-order chi connectivity index (χ0) is 12.7. The summed E-state index contributed by atoms with van der Waals surface area (Å²) in [5, 5.41) is 0.607. The van der Waals surface area contributed by atoms with Crippen molar-refractivity contribution >= 4 is 50.5 Å². The first-order valence-electron chi connectivity index (χ1n) is 5.47. The fourth-order valence-electron chi connectivity index (χ4n) is 2.13. The van der Waals surface area contributed by atoms with E-state index in [0.717, 1.165) is 14.4 Å². The number of ether oxygens (including phenoxy) is 1. The maximum absolute atomic E-state index is 6.58. The molecule has 0 spiro atoms. The van der Waals surface area contributed by atoms with Gasteiger partial charge in [0.05, 0.1) is 20.8 Å². The van der Waals surface area contributed by atoms with Crippen molar-refractivity contribution in [2.24, 2.45) is 0 Å². The number of hydrogen-bond donors (Lipinski definition) is 0. The van der Waals surface area contributed by atoms with Crippen LogP contribution in [0.4, 0.5) is 0 Å². The van der Waals surface area contributed by atoms with Crippen LogP contribution in [0.2, 0.25) is 5.02 Å². The average molecular weight is 364 g/mol. The third kappa shape index (κ3) is 2.18. The molecule has 2 heterocycles. The molecule has 0 amide bonds. The highest BCUT2D eigenvalue weighted by Crippen LogP contribution is 2.47. The lowest BCUT2D eigenvalue weighted by atomic mass is 9.97. The Hall–Kier alpha value is -0.220. The van der Waals surface area contributed by atoms with E-state index in [1.54, 1.807) is 11.3 Å². The number of halogens is 3. The molecule has 0 aliphatic carbocycles. The summed E-state index contributed by atoms with van der Waals surface area (Å²) < 4.78 is 6.59. The highest BCUT2D eigenvalue weighted by atomic mass is 79.9. The summed E-state index contributed by atoms with van der Waals surface area (Å²) in [5.74, 6) is 1.12. The SMILES string of the molecule is Clc1cc(C(Cl)C2COc3ccccc32)sc1Br. The van der Waals surface area contributed by atoms with Gasteiger partial charge in [-0.05, 0) is 28.1 Å². The van der Waals surface area contributed by atoms with Crippen molar-refractivity contribution in [1.82, 2.24) is 0 Å². The van der Waals surface area contributed by atoms with E-state index in [0.29, 0.717) is 11.6 Å². The molecule has 1 aromatic carbocycles. The molecule has 0 saturated heterocycles. The monoisotopic (exact) mass is 362 g/mol. The minimum atomic E-state index is -0.109. The normalized spacial score (nSPS) is 19.4. The van der Waals surface area contributed by atoms with Crippen molar-refractivity contribution in [3.63, 3.8) is 0 Å². The number of rotatable bonds is 2.